The Hall–Kier alpha value is -3.01. The van der Waals surface area contributed by atoms with Gasteiger partial charge in [-0.2, -0.15) is 0 Å². The Morgan fingerprint density at radius 1 is 1.12 bits per heavy atom. The predicted octanol–water partition coefficient (Wildman–Crippen LogP) is 4.52. The lowest BCUT2D eigenvalue weighted by atomic mass is 9.72. The fourth-order valence-electron chi connectivity index (χ4n) is 3.97. The van der Waals surface area contributed by atoms with Crippen molar-refractivity contribution in [2.24, 2.45) is 5.92 Å². The van der Waals surface area contributed by atoms with Gasteiger partial charge < -0.3 is 14.9 Å². The number of benzene rings is 2. The molecule has 1 aliphatic carbocycles. The highest BCUT2D eigenvalue weighted by Crippen LogP contribution is 2.50. The van der Waals surface area contributed by atoms with Crippen LogP contribution in [0.4, 0.5) is 0 Å². The molecule has 2 N–H and O–H groups in total. The summed E-state index contributed by atoms with van der Waals surface area (Å²) in [6.45, 7) is 3.67. The molecule has 2 aliphatic rings. The van der Waals surface area contributed by atoms with Gasteiger partial charge >= 0.3 is 5.97 Å². The number of aliphatic hydroxyl groups excluding tert-OH is 1. The van der Waals surface area contributed by atoms with Crippen LogP contribution in [0.1, 0.15) is 40.4 Å². The van der Waals surface area contributed by atoms with E-state index >= 15 is 0 Å². The van der Waals surface area contributed by atoms with E-state index in [0.717, 1.165) is 22.3 Å². The Morgan fingerprint density at radius 3 is 2.62 bits per heavy atom. The van der Waals surface area contributed by atoms with Gasteiger partial charge in [0.15, 0.2) is 5.60 Å². The number of hydrogen-bond acceptors (Lipinski definition) is 4. The summed E-state index contributed by atoms with van der Waals surface area (Å²) in [7, 11) is 0. The first-order valence-electron chi connectivity index (χ1n) is 8.64. The molecular weight excluding hydrogens is 328 g/mol. The van der Waals surface area contributed by atoms with Crippen molar-refractivity contribution in [2.45, 2.75) is 25.9 Å². The van der Waals surface area contributed by atoms with Crippen molar-refractivity contribution in [3.05, 3.63) is 88.2 Å². The van der Waals surface area contributed by atoms with Gasteiger partial charge in [0.25, 0.3) is 0 Å². The molecule has 0 radical (unpaired) electrons. The molecule has 2 unspecified atom stereocenters. The zero-order valence-electron chi connectivity index (χ0n) is 14.7. The van der Waals surface area contributed by atoms with Crippen molar-refractivity contribution in [1.82, 2.24) is 0 Å². The van der Waals surface area contributed by atoms with Gasteiger partial charge in [0, 0.05) is 17.0 Å². The van der Waals surface area contributed by atoms with Crippen LogP contribution in [0.3, 0.4) is 0 Å². The molecule has 2 aromatic carbocycles. The molecule has 0 spiro atoms. The second kappa shape index (κ2) is 5.77. The number of aromatic hydroxyl groups is 1. The average molecular weight is 348 g/mol. The Bertz CT molecular complexity index is 970. The first kappa shape index (κ1) is 16.5. The number of carbonyl (C=O) groups is 1. The van der Waals surface area contributed by atoms with Crippen molar-refractivity contribution in [1.29, 1.82) is 0 Å². The van der Waals surface area contributed by atoms with Gasteiger partial charge in [0.05, 0.1) is 5.56 Å². The summed E-state index contributed by atoms with van der Waals surface area (Å²) >= 11 is 0. The van der Waals surface area contributed by atoms with Crippen LogP contribution in [-0.2, 0) is 10.3 Å². The third kappa shape index (κ3) is 2.25. The highest BCUT2D eigenvalue weighted by Gasteiger charge is 2.51. The molecule has 0 saturated carbocycles. The van der Waals surface area contributed by atoms with E-state index in [1.165, 1.54) is 0 Å². The zero-order valence-corrected chi connectivity index (χ0v) is 14.7. The fraction of sp³-hybridized carbons (Fsp3) is 0.227. The van der Waals surface area contributed by atoms with E-state index in [-0.39, 0.29) is 23.4 Å². The topological polar surface area (TPSA) is 66.8 Å². The van der Waals surface area contributed by atoms with Crippen LogP contribution < -0.4 is 0 Å². The lowest BCUT2D eigenvalue weighted by Gasteiger charge is -2.37. The number of aryl methyl sites for hydroxylation is 1. The summed E-state index contributed by atoms with van der Waals surface area (Å²) in [4.78, 5) is 12.6. The van der Waals surface area contributed by atoms with E-state index in [2.05, 4.69) is 0 Å². The quantitative estimate of drug-likeness (QED) is 0.783. The first-order chi connectivity index (χ1) is 12.4. The van der Waals surface area contributed by atoms with Crippen LogP contribution in [0.5, 0.6) is 5.75 Å². The normalized spacial score (nSPS) is 24.5. The first-order valence-corrected chi connectivity index (χ1v) is 8.64. The van der Waals surface area contributed by atoms with Gasteiger partial charge in [-0.15, -0.1) is 0 Å². The van der Waals surface area contributed by atoms with Crippen LogP contribution >= 0.6 is 0 Å². The Balaban J connectivity index is 1.98. The molecule has 4 nitrogen and oxygen atoms in total. The summed E-state index contributed by atoms with van der Waals surface area (Å²) in [6, 6.07) is 12.7. The molecule has 0 amide bonds. The third-order valence-corrected chi connectivity index (χ3v) is 5.37. The lowest BCUT2D eigenvalue weighted by molar-refractivity contribution is -0.00805. The largest absolute Gasteiger partial charge is 0.508 e. The minimum absolute atomic E-state index is 0.157. The second-order valence-corrected chi connectivity index (χ2v) is 6.95. The second-order valence-electron chi connectivity index (χ2n) is 6.95. The van der Waals surface area contributed by atoms with Crippen molar-refractivity contribution in [2.75, 3.05) is 0 Å². The van der Waals surface area contributed by atoms with Gasteiger partial charge in [0.2, 0.25) is 0 Å². The van der Waals surface area contributed by atoms with E-state index < -0.39 is 5.60 Å². The van der Waals surface area contributed by atoms with Gasteiger partial charge in [-0.05, 0) is 55.7 Å². The molecule has 1 heterocycles. The summed E-state index contributed by atoms with van der Waals surface area (Å²) in [5.74, 6) is -0.0450. The summed E-state index contributed by atoms with van der Waals surface area (Å²) in [5.41, 5.74) is 2.69. The van der Waals surface area contributed by atoms with Crippen LogP contribution in [0.15, 0.2) is 65.9 Å². The Kier molecular flexibility index (Phi) is 3.65. The molecule has 1 aliphatic heterocycles. The molecule has 0 fully saturated rings. The minimum Gasteiger partial charge on any atom is -0.508 e. The maximum absolute atomic E-state index is 12.6. The van der Waals surface area contributed by atoms with Crippen molar-refractivity contribution >= 4 is 5.97 Å². The molecule has 26 heavy (non-hydrogen) atoms. The number of carbonyl (C=O) groups excluding carboxylic acids is 1. The highest BCUT2D eigenvalue weighted by atomic mass is 16.6. The van der Waals surface area contributed by atoms with Gasteiger partial charge in [-0.25, -0.2) is 4.79 Å². The Labute approximate surface area is 152 Å². The van der Waals surface area contributed by atoms with Crippen molar-refractivity contribution < 1.29 is 19.7 Å². The molecule has 4 heteroatoms. The maximum Gasteiger partial charge on any atom is 0.339 e. The summed E-state index contributed by atoms with van der Waals surface area (Å²) < 4.78 is 6.05. The van der Waals surface area contributed by atoms with Crippen LogP contribution in [-0.4, -0.2) is 16.2 Å². The number of hydrogen-bond donors (Lipinski definition) is 2. The third-order valence-electron chi connectivity index (χ3n) is 5.37. The SMILES string of the molecule is CC1=CC(C2(c3ccc(O)c(C)c3)OC(=O)c3ccccc32)CC=C1O. The van der Waals surface area contributed by atoms with Gasteiger partial charge in [-0.1, -0.05) is 30.3 Å². The van der Waals surface area contributed by atoms with Crippen molar-refractivity contribution in [3.8, 4) is 5.75 Å². The van der Waals surface area contributed by atoms with Crippen LogP contribution in [0, 0.1) is 12.8 Å². The maximum atomic E-state index is 12.6. The number of fused-ring (bicyclic) bond motifs is 1. The van der Waals surface area contributed by atoms with E-state index in [1.54, 1.807) is 24.3 Å². The minimum atomic E-state index is -0.982. The molecule has 0 bridgehead atoms. The number of esters is 1. The lowest BCUT2D eigenvalue weighted by Crippen LogP contribution is -2.37. The van der Waals surface area contributed by atoms with E-state index in [4.69, 9.17) is 4.74 Å². The molecule has 0 aromatic heterocycles. The molecule has 2 atom stereocenters. The Morgan fingerprint density at radius 2 is 1.88 bits per heavy atom. The number of cyclic esters (lactones) is 1. The number of phenols is 1. The van der Waals surface area contributed by atoms with Crippen LogP contribution in [0.2, 0.25) is 0 Å². The molecule has 2 aromatic rings. The number of phenolic OH excluding ortho intramolecular Hbond substituents is 1. The number of aliphatic hydroxyl groups is 1. The molecule has 0 saturated heterocycles. The summed E-state index contributed by atoms with van der Waals surface area (Å²) in [6.07, 6.45) is 4.28. The number of rotatable bonds is 2. The van der Waals surface area contributed by atoms with E-state index in [0.29, 0.717) is 12.0 Å². The standard InChI is InChI=1S/C22H20O4/c1-13-11-15(7-9-19(13)23)22(16-8-10-20(24)14(2)12-16)18-6-4-3-5-17(18)21(25)26-22/h3-7,9-12,16,23-24H,8H2,1-2H3. The molecular formula is C22H20O4. The number of ether oxygens (including phenoxy) is 1. The smallest absolute Gasteiger partial charge is 0.339 e. The van der Waals surface area contributed by atoms with E-state index in [9.17, 15) is 15.0 Å². The monoisotopic (exact) mass is 348 g/mol. The van der Waals surface area contributed by atoms with E-state index in [1.807, 2.05) is 44.2 Å². The fourth-order valence-corrected chi connectivity index (χ4v) is 3.97. The highest BCUT2D eigenvalue weighted by molar-refractivity contribution is 5.95. The van der Waals surface area contributed by atoms with Gasteiger partial charge in [0.1, 0.15) is 11.5 Å². The van der Waals surface area contributed by atoms with Crippen molar-refractivity contribution in [3.63, 3.8) is 0 Å². The predicted molar refractivity (Wildman–Crippen MR) is 98.1 cm³/mol. The zero-order chi connectivity index (χ0) is 18.5. The molecule has 132 valence electrons. The van der Waals surface area contributed by atoms with Crippen LogP contribution in [0.25, 0.3) is 0 Å². The molecule has 4 rings (SSSR count). The summed E-state index contributed by atoms with van der Waals surface area (Å²) in [5, 5.41) is 19.9. The van der Waals surface area contributed by atoms with Gasteiger partial charge in [-0.3, -0.25) is 0 Å². The number of allylic oxidation sites excluding steroid dienone is 2. The average Bonchev–Trinajstić information content (AvgIpc) is 2.94.